The lowest BCUT2D eigenvalue weighted by molar-refractivity contribution is -0.114. The van der Waals surface area contributed by atoms with E-state index in [1.165, 1.54) is 6.92 Å². The average molecular weight is 463 g/mol. The molecule has 3 aromatic heterocycles. The molecule has 4 aromatic rings. The van der Waals surface area contributed by atoms with E-state index in [0.29, 0.717) is 21.8 Å². The summed E-state index contributed by atoms with van der Waals surface area (Å²) >= 11 is 6.14. The number of hydrogen-bond acceptors (Lipinski definition) is 5. The third-order valence-electron chi connectivity index (χ3n) is 5.72. The summed E-state index contributed by atoms with van der Waals surface area (Å²) < 4.78 is 16.4. The summed E-state index contributed by atoms with van der Waals surface area (Å²) in [5.41, 5.74) is 11.5. The molecule has 33 heavy (non-hydrogen) atoms. The number of nitrogen functional groups attached to an aromatic ring is 1. The van der Waals surface area contributed by atoms with Gasteiger partial charge in [0.1, 0.15) is 5.82 Å². The number of halogens is 2. The Morgan fingerprint density at radius 2 is 2.03 bits per heavy atom. The summed E-state index contributed by atoms with van der Waals surface area (Å²) in [5.74, 6) is -0.813. The lowest BCUT2D eigenvalue weighted by atomic mass is 10.0. The van der Waals surface area contributed by atoms with E-state index in [1.807, 2.05) is 10.7 Å². The maximum Gasteiger partial charge on any atom is 0.222 e. The van der Waals surface area contributed by atoms with Gasteiger partial charge in [-0.15, -0.1) is 0 Å². The quantitative estimate of drug-likeness (QED) is 0.333. The summed E-state index contributed by atoms with van der Waals surface area (Å²) in [7, 11) is 0. The van der Waals surface area contributed by atoms with E-state index in [-0.39, 0.29) is 17.8 Å². The van der Waals surface area contributed by atoms with E-state index in [4.69, 9.17) is 22.3 Å². The van der Waals surface area contributed by atoms with Gasteiger partial charge in [0.2, 0.25) is 11.9 Å². The van der Waals surface area contributed by atoms with E-state index in [2.05, 4.69) is 21.5 Å². The Kier molecular flexibility index (Phi) is 5.30. The third-order valence-corrected chi connectivity index (χ3v) is 5.95. The van der Waals surface area contributed by atoms with Crippen LogP contribution in [0.5, 0.6) is 0 Å². The third kappa shape index (κ3) is 4.05. The Labute approximate surface area is 194 Å². The van der Waals surface area contributed by atoms with Crippen molar-refractivity contribution >= 4 is 29.0 Å². The minimum absolute atomic E-state index is 0.0471. The number of fused-ring (bicyclic) bond motifs is 1. The highest BCUT2D eigenvalue weighted by atomic mass is 35.5. The molecule has 3 N–H and O–H groups in total. The van der Waals surface area contributed by atoms with Gasteiger partial charge in [-0.05, 0) is 54.8 Å². The van der Waals surface area contributed by atoms with E-state index in [0.717, 1.165) is 35.2 Å². The standard InChI is InChI=1S/C24H20ClFN6O/c1-13(33)30-22-7-4-18(24(26)31-22)16-11-29-32(12-16)21-6-2-14-8-15(10-28-23(14)21)19-9-17(25)3-5-20(19)27/h3-5,7-12,21H,2,6,27H2,1H3,(H,30,31,33). The Morgan fingerprint density at radius 3 is 2.82 bits per heavy atom. The molecule has 1 aliphatic rings. The maximum atomic E-state index is 14.5. The van der Waals surface area contributed by atoms with Crippen LogP contribution in [0.2, 0.25) is 5.02 Å². The Bertz CT molecular complexity index is 1390. The van der Waals surface area contributed by atoms with Gasteiger partial charge in [0.25, 0.3) is 0 Å². The number of carbonyl (C=O) groups is 1. The molecule has 9 heteroatoms. The normalized spacial score (nSPS) is 14.8. The molecule has 1 atom stereocenters. The predicted octanol–water partition coefficient (Wildman–Crippen LogP) is 4.88. The molecule has 0 spiro atoms. The number of anilines is 2. The topological polar surface area (TPSA) is 98.7 Å². The van der Waals surface area contributed by atoms with E-state index in [1.54, 1.807) is 42.9 Å². The number of pyridine rings is 2. The molecule has 1 aliphatic carbocycles. The molecule has 1 unspecified atom stereocenters. The summed E-state index contributed by atoms with van der Waals surface area (Å²) in [4.78, 5) is 19.7. The van der Waals surface area contributed by atoms with Crippen LogP contribution in [0.3, 0.4) is 0 Å². The van der Waals surface area contributed by atoms with Gasteiger partial charge in [-0.1, -0.05) is 11.6 Å². The van der Waals surface area contributed by atoms with Gasteiger partial charge < -0.3 is 11.1 Å². The van der Waals surface area contributed by atoms with Crippen LogP contribution in [0, 0.1) is 5.95 Å². The minimum Gasteiger partial charge on any atom is -0.398 e. The zero-order valence-corrected chi connectivity index (χ0v) is 18.5. The number of nitrogens with zero attached hydrogens (tertiary/aromatic N) is 4. The molecule has 7 nitrogen and oxygen atoms in total. The number of nitrogens with one attached hydrogen (secondary N) is 1. The predicted molar refractivity (Wildman–Crippen MR) is 125 cm³/mol. The summed E-state index contributed by atoms with van der Waals surface area (Å²) in [6, 6.07) is 10.6. The van der Waals surface area contributed by atoms with Crippen molar-refractivity contribution in [3.8, 4) is 22.3 Å². The van der Waals surface area contributed by atoms with E-state index >= 15 is 0 Å². The van der Waals surface area contributed by atoms with Crippen LogP contribution >= 0.6 is 11.6 Å². The number of nitrogens with two attached hydrogens (primary N) is 1. The molecule has 0 aliphatic heterocycles. The highest BCUT2D eigenvalue weighted by Gasteiger charge is 2.27. The van der Waals surface area contributed by atoms with Crippen molar-refractivity contribution in [1.82, 2.24) is 19.7 Å². The number of aryl methyl sites for hydroxylation is 1. The molecule has 0 fully saturated rings. The highest BCUT2D eigenvalue weighted by molar-refractivity contribution is 6.31. The van der Waals surface area contributed by atoms with Crippen molar-refractivity contribution < 1.29 is 9.18 Å². The number of hydrogen-bond donors (Lipinski definition) is 2. The molecular formula is C24H20ClFN6O. The molecule has 0 saturated carbocycles. The molecule has 3 heterocycles. The van der Waals surface area contributed by atoms with E-state index in [9.17, 15) is 9.18 Å². The lowest BCUT2D eigenvalue weighted by Crippen LogP contribution is -2.09. The van der Waals surface area contributed by atoms with Gasteiger partial charge in [0, 0.05) is 52.3 Å². The molecule has 1 aromatic carbocycles. The SMILES string of the molecule is CC(=O)Nc1ccc(-c2cnn(C3CCc4cc(-c5cc(Cl)ccc5N)cnc43)c2)c(F)n1. The minimum atomic E-state index is -0.672. The molecule has 0 radical (unpaired) electrons. The van der Waals surface area contributed by atoms with Gasteiger partial charge in [-0.2, -0.15) is 9.49 Å². The molecular weight excluding hydrogens is 443 g/mol. The first-order valence-electron chi connectivity index (χ1n) is 10.4. The first-order valence-corrected chi connectivity index (χ1v) is 10.8. The van der Waals surface area contributed by atoms with Crippen molar-refractivity contribution in [3.05, 3.63) is 77.2 Å². The van der Waals surface area contributed by atoms with Gasteiger partial charge in [0.05, 0.1) is 17.9 Å². The number of carbonyl (C=O) groups excluding carboxylic acids is 1. The average Bonchev–Trinajstić information content (AvgIpc) is 3.41. The second-order valence-corrected chi connectivity index (χ2v) is 8.42. The summed E-state index contributed by atoms with van der Waals surface area (Å²) in [5, 5.41) is 7.56. The molecule has 1 amide bonds. The fourth-order valence-electron chi connectivity index (χ4n) is 4.18. The number of rotatable bonds is 4. The summed E-state index contributed by atoms with van der Waals surface area (Å²) in [6.07, 6.45) is 6.88. The van der Waals surface area contributed by atoms with Crippen LogP contribution in [0.15, 0.2) is 55.0 Å². The summed E-state index contributed by atoms with van der Waals surface area (Å²) in [6.45, 7) is 1.35. The van der Waals surface area contributed by atoms with Gasteiger partial charge in [0.15, 0.2) is 0 Å². The fraction of sp³-hybridized carbons (Fsp3) is 0.167. The largest absolute Gasteiger partial charge is 0.398 e. The van der Waals surface area contributed by atoms with Crippen LogP contribution < -0.4 is 11.1 Å². The fourth-order valence-corrected chi connectivity index (χ4v) is 4.35. The Morgan fingerprint density at radius 1 is 1.18 bits per heavy atom. The zero-order chi connectivity index (χ0) is 23.1. The van der Waals surface area contributed by atoms with Gasteiger partial charge in [-0.3, -0.25) is 14.5 Å². The lowest BCUT2D eigenvalue weighted by Gasteiger charge is -2.13. The van der Waals surface area contributed by atoms with Crippen molar-refractivity contribution in [2.45, 2.75) is 25.8 Å². The molecule has 5 rings (SSSR count). The molecule has 0 saturated heterocycles. The van der Waals surface area contributed by atoms with E-state index < -0.39 is 5.95 Å². The molecule has 0 bridgehead atoms. The Balaban J connectivity index is 1.42. The monoisotopic (exact) mass is 462 g/mol. The van der Waals surface area contributed by atoms with Crippen molar-refractivity contribution in [1.29, 1.82) is 0 Å². The number of aromatic nitrogens is 4. The van der Waals surface area contributed by atoms with Crippen LogP contribution in [-0.4, -0.2) is 25.7 Å². The van der Waals surface area contributed by atoms with Crippen molar-refractivity contribution in [2.75, 3.05) is 11.1 Å². The van der Waals surface area contributed by atoms with Crippen molar-refractivity contribution in [2.24, 2.45) is 0 Å². The first kappa shape index (κ1) is 21.1. The Hall–Kier alpha value is -3.78. The van der Waals surface area contributed by atoms with Crippen LogP contribution in [0.4, 0.5) is 15.9 Å². The van der Waals surface area contributed by atoms with Crippen LogP contribution in [-0.2, 0) is 11.2 Å². The molecule has 166 valence electrons. The number of amides is 1. The van der Waals surface area contributed by atoms with Crippen molar-refractivity contribution in [3.63, 3.8) is 0 Å². The highest BCUT2D eigenvalue weighted by Crippen LogP contribution is 2.37. The van der Waals surface area contributed by atoms with Gasteiger partial charge >= 0.3 is 0 Å². The second kappa shape index (κ2) is 8.29. The number of benzene rings is 1. The maximum absolute atomic E-state index is 14.5. The zero-order valence-electron chi connectivity index (χ0n) is 17.7. The van der Waals surface area contributed by atoms with Crippen LogP contribution in [0.1, 0.15) is 30.6 Å². The first-order chi connectivity index (χ1) is 15.9. The second-order valence-electron chi connectivity index (χ2n) is 7.98. The van der Waals surface area contributed by atoms with Crippen LogP contribution in [0.25, 0.3) is 22.3 Å². The van der Waals surface area contributed by atoms with Gasteiger partial charge in [-0.25, -0.2) is 4.98 Å². The smallest absolute Gasteiger partial charge is 0.222 e.